The zero-order valence-electron chi connectivity index (χ0n) is 25.1. The monoisotopic (exact) mass is 593 g/mol. The number of carbonyl (C=O) groups is 3. The summed E-state index contributed by atoms with van der Waals surface area (Å²) < 4.78 is 16.4. The summed E-state index contributed by atoms with van der Waals surface area (Å²) in [6, 6.07) is -2.30. The van der Waals surface area contributed by atoms with Crippen molar-refractivity contribution in [2.24, 2.45) is 0 Å². The normalized spacial score (nSPS) is 29.0. The summed E-state index contributed by atoms with van der Waals surface area (Å²) >= 11 is 0. The number of hydrogen-bond acceptors (Lipinski definition) is 12. The number of ketones is 2. The summed E-state index contributed by atoms with van der Waals surface area (Å²) in [7, 11) is 4.34. The molecule has 5 rings (SSSR count). The van der Waals surface area contributed by atoms with Gasteiger partial charge in [-0.1, -0.05) is 6.08 Å². The zero-order chi connectivity index (χ0) is 31.7. The summed E-state index contributed by atoms with van der Waals surface area (Å²) in [5.41, 5.74) is 1.25. The van der Waals surface area contributed by atoms with Crippen LogP contribution < -0.4 is 4.74 Å². The molecular formula is C31H35N3O9. The molecule has 0 saturated carbocycles. The number of rotatable bonds is 5. The van der Waals surface area contributed by atoms with Crippen LogP contribution in [0.5, 0.6) is 17.2 Å². The molecule has 4 aliphatic rings. The molecule has 1 aromatic carbocycles. The number of fused-ring (bicyclic) bond motifs is 6. The highest BCUT2D eigenvalue weighted by Crippen LogP contribution is 2.58. The molecule has 1 fully saturated rings. The Morgan fingerprint density at radius 2 is 1.79 bits per heavy atom. The molecule has 43 heavy (non-hydrogen) atoms. The first kappa shape index (κ1) is 30.3. The van der Waals surface area contributed by atoms with Crippen LogP contribution >= 0.6 is 0 Å². The number of hydrogen-bond donors (Lipinski definition) is 3. The molecule has 228 valence electrons. The Hall–Kier alpha value is -4.18. The summed E-state index contributed by atoms with van der Waals surface area (Å²) in [4.78, 5) is 43.8. The number of aliphatic hydroxyl groups excluding tert-OH is 1. The van der Waals surface area contributed by atoms with E-state index < -0.39 is 53.8 Å². The maximum Gasteiger partial charge on any atom is 0.333 e. The molecule has 1 aromatic rings. The average molecular weight is 594 g/mol. The number of nitriles is 1. The number of phenols is 2. The van der Waals surface area contributed by atoms with Gasteiger partial charge in [0.2, 0.25) is 5.78 Å². The molecule has 0 amide bonds. The predicted molar refractivity (Wildman–Crippen MR) is 151 cm³/mol. The number of ether oxygens (including phenoxy) is 3. The molecule has 3 N–H and O–H groups in total. The maximum absolute atomic E-state index is 13.9. The number of allylic oxidation sites excluding steroid dienone is 3. The van der Waals surface area contributed by atoms with Crippen molar-refractivity contribution in [1.82, 2.24) is 9.80 Å². The van der Waals surface area contributed by atoms with Crippen LogP contribution in [0.2, 0.25) is 0 Å². The minimum Gasteiger partial charge on any atom is -0.507 e. The molecule has 0 spiro atoms. The Balaban J connectivity index is 1.77. The quantitative estimate of drug-likeness (QED) is 0.197. The van der Waals surface area contributed by atoms with E-state index in [1.165, 1.54) is 21.1 Å². The van der Waals surface area contributed by atoms with Crippen molar-refractivity contribution in [3.8, 4) is 23.3 Å². The first-order valence-corrected chi connectivity index (χ1v) is 13.9. The van der Waals surface area contributed by atoms with Crippen LogP contribution in [0.25, 0.3) is 0 Å². The van der Waals surface area contributed by atoms with Gasteiger partial charge in [0.1, 0.15) is 24.5 Å². The number of aliphatic hydroxyl groups is 1. The van der Waals surface area contributed by atoms with E-state index in [4.69, 9.17) is 14.2 Å². The van der Waals surface area contributed by atoms with Crippen LogP contribution in [0.15, 0.2) is 34.1 Å². The van der Waals surface area contributed by atoms with Crippen molar-refractivity contribution in [2.75, 3.05) is 27.9 Å². The van der Waals surface area contributed by atoms with Crippen LogP contribution in [0.3, 0.4) is 0 Å². The fourth-order valence-corrected chi connectivity index (χ4v) is 7.28. The van der Waals surface area contributed by atoms with E-state index in [0.717, 1.165) is 0 Å². The molecule has 3 heterocycles. The number of nitrogens with zero attached hydrogens (tertiary/aromatic N) is 3. The largest absolute Gasteiger partial charge is 0.507 e. The van der Waals surface area contributed by atoms with E-state index in [9.17, 15) is 35.0 Å². The van der Waals surface area contributed by atoms with Crippen molar-refractivity contribution in [1.29, 1.82) is 5.26 Å². The second-order valence-electron chi connectivity index (χ2n) is 11.3. The van der Waals surface area contributed by atoms with Crippen LogP contribution in [-0.2, 0) is 23.9 Å². The fourth-order valence-electron chi connectivity index (χ4n) is 7.28. The highest BCUT2D eigenvalue weighted by molar-refractivity contribution is 6.25. The van der Waals surface area contributed by atoms with Gasteiger partial charge in [-0.15, -0.1) is 0 Å². The Morgan fingerprint density at radius 1 is 1.12 bits per heavy atom. The van der Waals surface area contributed by atoms with Gasteiger partial charge in [-0.2, -0.15) is 5.26 Å². The Morgan fingerprint density at radius 3 is 2.37 bits per heavy atom. The van der Waals surface area contributed by atoms with Crippen molar-refractivity contribution in [3.63, 3.8) is 0 Å². The molecule has 0 aromatic heterocycles. The van der Waals surface area contributed by atoms with E-state index >= 15 is 0 Å². The van der Waals surface area contributed by atoms with Crippen LogP contribution in [0.1, 0.15) is 56.0 Å². The molecule has 12 nitrogen and oxygen atoms in total. The Labute approximate surface area is 249 Å². The van der Waals surface area contributed by atoms with Gasteiger partial charge in [0.05, 0.1) is 38.4 Å². The first-order valence-electron chi connectivity index (χ1n) is 13.9. The second-order valence-corrected chi connectivity index (χ2v) is 11.3. The third-order valence-corrected chi connectivity index (χ3v) is 9.43. The lowest BCUT2D eigenvalue weighted by molar-refractivity contribution is -0.147. The van der Waals surface area contributed by atoms with Gasteiger partial charge >= 0.3 is 5.97 Å². The number of Topliss-reactive ketones (excluding diaryl/α,β-unsaturated/α-hetero) is 2. The Bertz CT molecular complexity index is 1580. The SMILES string of the molecule is C/C=C(\C)C(=O)OC[C@H]1C2=C(C[C@H]3[C@H]4c5c(O)c(OC)c(C)c(O)c5[C@H](O)[C@H]([C@H](C#N)N13)N4C)C(=O)C(C)=C(OC)C2=O. The van der Waals surface area contributed by atoms with Crippen molar-refractivity contribution in [2.45, 2.75) is 70.4 Å². The summed E-state index contributed by atoms with van der Waals surface area (Å²) in [5, 5.41) is 45.0. The number of carbonyl (C=O) groups excluding carboxylic acids is 3. The number of aromatic hydroxyl groups is 2. The second kappa shape index (κ2) is 10.8. The average Bonchev–Trinajstić information content (AvgIpc) is 2.98. The molecule has 0 unspecified atom stereocenters. The molecule has 2 bridgehead atoms. The van der Waals surface area contributed by atoms with Gasteiger partial charge in [-0.05, 0) is 41.2 Å². The molecule has 1 saturated heterocycles. The van der Waals surface area contributed by atoms with E-state index in [1.807, 2.05) is 0 Å². The van der Waals surface area contributed by atoms with Gasteiger partial charge in [0.25, 0.3) is 0 Å². The van der Waals surface area contributed by atoms with E-state index in [-0.39, 0.29) is 69.4 Å². The Kier molecular flexibility index (Phi) is 7.62. The van der Waals surface area contributed by atoms with Crippen LogP contribution in [0.4, 0.5) is 0 Å². The summed E-state index contributed by atoms with van der Waals surface area (Å²) in [6.07, 6.45) is 0.150. The number of esters is 1. The lowest BCUT2D eigenvalue weighted by Gasteiger charge is -2.60. The number of likely N-dealkylation sites (N-methyl/N-ethyl adjacent to an activating group) is 1. The molecule has 6 atom stereocenters. The van der Waals surface area contributed by atoms with Crippen molar-refractivity contribution in [3.05, 3.63) is 50.8 Å². The highest BCUT2D eigenvalue weighted by Gasteiger charge is 2.60. The highest BCUT2D eigenvalue weighted by atomic mass is 16.5. The minimum absolute atomic E-state index is 0.00157. The van der Waals surface area contributed by atoms with Gasteiger partial charge in [0, 0.05) is 45.0 Å². The number of phenolic OH excluding ortho intramolecular Hbond substituents is 2. The first-order chi connectivity index (χ1) is 20.4. The molecule has 1 aliphatic carbocycles. The van der Waals surface area contributed by atoms with E-state index in [1.54, 1.807) is 43.7 Å². The van der Waals surface area contributed by atoms with Gasteiger partial charge in [-0.3, -0.25) is 19.4 Å². The smallest absolute Gasteiger partial charge is 0.333 e. The van der Waals surface area contributed by atoms with E-state index in [0.29, 0.717) is 5.57 Å². The standard InChI is InChI=1S/C31H35N3O9/c1-8-12(2)31(40)43-11-18-19-15(24(35)13(3)29(41-6)27(19)38)9-16-22-20-21(25(36)14(4)30(42-7)28(20)39)26(37)23(33(22)5)17(10-32)34(16)18/h8,16-18,22-23,26,36-37,39H,9,11H2,1-7H3/b12-8+/t16-,17-,18-,22-,23-,26-/m0/s1. The van der Waals surface area contributed by atoms with Crippen LogP contribution in [0, 0.1) is 18.3 Å². The molecule has 12 heteroatoms. The third-order valence-electron chi connectivity index (χ3n) is 9.43. The van der Waals surface area contributed by atoms with Gasteiger partial charge < -0.3 is 29.5 Å². The molecular weight excluding hydrogens is 558 g/mol. The van der Waals surface area contributed by atoms with Crippen molar-refractivity contribution < 1.29 is 43.9 Å². The van der Waals surface area contributed by atoms with Crippen LogP contribution in [-0.4, -0.2) is 94.7 Å². The minimum atomic E-state index is -1.43. The predicted octanol–water partition coefficient (Wildman–Crippen LogP) is 2.03. The zero-order valence-corrected chi connectivity index (χ0v) is 25.1. The molecule has 0 radical (unpaired) electrons. The molecule has 3 aliphatic heterocycles. The number of benzene rings is 1. The van der Waals surface area contributed by atoms with E-state index in [2.05, 4.69) is 6.07 Å². The number of methoxy groups -OCH3 is 2. The lowest BCUT2D eigenvalue weighted by atomic mass is 9.69. The summed E-state index contributed by atoms with van der Waals surface area (Å²) in [5.74, 6) is -2.23. The summed E-state index contributed by atoms with van der Waals surface area (Å²) in [6.45, 7) is 5.95. The fraction of sp³-hybridized carbons (Fsp3) is 0.484. The van der Waals surface area contributed by atoms with Crippen molar-refractivity contribution >= 4 is 17.5 Å². The van der Waals surface area contributed by atoms with Gasteiger partial charge in [0.15, 0.2) is 23.0 Å². The van der Waals surface area contributed by atoms with Gasteiger partial charge in [-0.25, -0.2) is 4.79 Å². The third kappa shape index (κ3) is 4.10. The maximum atomic E-state index is 13.9. The number of piperazine rings is 1. The lowest BCUT2D eigenvalue weighted by Crippen LogP contribution is -2.71. The topological polar surface area (TPSA) is 170 Å².